The number of hydrogen-bond acceptors (Lipinski definition) is 5. The van der Waals surface area contributed by atoms with Gasteiger partial charge >= 0.3 is 0 Å². The smallest absolute Gasteiger partial charge is 0.150 e. The highest BCUT2D eigenvalue weighted by molar-refractivity contribution is 5.42. The lowest BCUT2D eigenvalue weighted by Gasteiger charge is -2.23. The molecule has 0 unspecified atom stereocenters. The number of anilines is 1. The minimum Gasteiger partial charge on any atom is -0.395 e. The van der Waals surface area contributed by atoms with Crippen LogP contribution in [0.3, 0.4) is 0 Å². The summed E-state index contributed by atoms with van der Waals surface area (Å²) in [5, 5.41) is 8.96. The molecule has 0 aliphatic heterocycles. The van der Waals surface area contributed by atoms with Crippen LogP contribution in [0.15, 0.2) is 12.4 Å². The van der Waals surface area contributed by atoms with Gasteiger partial charge in [-0.1, -0.05) is 0 Å². The average molecular weight is 211 g/mol. The summed E-state index contributed by atoms with van der Waals surface area (Å²) < 4.78 is 5.01. The van der Waals surface area contributed by atoms with Crippen LogP contribution in [0.2, 0.25) is 0 Å². The van der Waals surface area contributed by atoms with Gasteiger partial charge in [0.1, 0.15) is 5.82 Å². The predicted octanol–water partition coefficient (Wildman–Crippen LogP) is 0.230. The average Bonchev–Trinajstić information content (AvgIpc) is 2.25. The number of aromatic nitrogens is 2. The highest BCUT2D eigenvalue weighted by Gasteiger charge is 2.09. The van der Waals surface area contributed by atoms with E-state index in [4.69, 9.17) is 9.84 Å². The van der Waals surface area contributed by atoms with E-state index in [0.717, 1.165) is 11.5 Å². The Hall–Kier alpha value is -1.20. The second kappa shape index (κ2) is 6.31. The largest absolute Gasteiger partial charge is 0.395 e. The fourth-order valence-electron chi connectivity index (χ4n) is 1.36. The maximum absolute atomic E-state index is 8.96. The van der Waals surface area contributed by atoms with Gasteiger partial charge in [0.05, 0.1) is 18.9 Å². The number of methoxy groups -OCH3 is 1. The van der Waals surface area contributed by atoms with Crippen molar-refractivity contribution in [3.8, 4) is 0 Å². The van der Waals surface area contributed by atoms with E-state index in [-0.39, 0.29) is 6.61 Å². The Kier molecular flexibility index (Phi) is 5.00. The first kappa shape index (κ1) is 11.9. The molecule has 5 heteroatoms. The fourth-order valence-corrected chi connectivity index (χ4v) is 1.36. The van der Waals surface area contributed by atoms with E-state index in [2.05, 4.69) is 9.97 Å². The zero-order valence-electron chi connectivity index (χ0n) is 9.18. The topological polar surface area (TPSA) is 58.5 Å². The van der Waals surface area contributed by atoms with Crippen molar-refractivity contribution in [2.45, 2.75) is 6.92 Å². The van der Waals surface area contributed by atoms with Crippen molar-refractivity contribution in [1.29, 1.82) is 0 Å². The maximum atomic E-state index is 8.96. The molecule has 5 nitrogen and oxygen atoms in total. The molecule has 0 aliphatic rings. The Labute approximate surface area is 89.7 Å². The van der Waals surface area contributed by atoms with Gasteiger partial charge in [-0.05, 0) is 6.92 Å². The van der Waals surface area contributed by atoms with Crippen LogP contribution in [0, 0.1) is 6.92 Å². The number of rotatable bonds is 6. The van der Waals surface area contributed by atoms with Crippen LogP contribution in [0.25, 0.3) is 0 Å². The molecule has 84 valence electrons. The van der Waals surface area contributed by atoms with Crippen LogP contribution < -0.4 is 4.90 Å². The van der Waals surface area contributed by atoms with Gasteiger partial charge in [-0.15, -0.1) is 0 Å². The Morgan fingerprint density at radius 1 is 1.33 bits per heavy atom. The van der Waals surface area contributed by atoms with Gasteiger partial charge in [0.15, 0.2) is 0 Å². The lowest BCUT2D eigenvalue weighted by Crippen LogP contribution is -2.31. The summed E-state index contributed by atoms with van der Waals surface area (Å²) in [5.41, 5.74) is 0.863. The van der Waals surface area contributed by atoms with Gasteiger partial charge in [0.2, 0.25) is 0 Å². The molecule has 0 aliphatic carbocycles. The normalized spacial score (nSPS) is 10.3. The SMILES string of the molecule is COCCN(CCO)c1nccnc1C. The third kappa shape index (κ3) is 3.45. The summed E-state index contributed by atoms with van der Waals surface area (Å²) in [4.78, 5) is 10.4. The number of aliphatic hydroxyl groups excluding tert-OH is 1. The van der Waals surface area contributed by atoms with Crippen molar-refractivity contribution in [1.82, 2.24) is 9.97 Å². The summed E-state index contributed by atoms with van der Waals surface area (Å²) in [6.45, 7) is 3.86. The molecule has 0 saturated carbocycles. The molecule has 1 aromatic rings. The van der Waals surface area contributed by atoms with E-state index in [0.29, 0.717) is 19.7 Å². The Bertz CT molecular complexity index is 294. The first-order chi connectivity index (χ1) is 7.29. The Morgan fingerprint density at radius 3 is 2.67 bits per heavy atom. The number of hydrogen-bond donors (Lipinski definition) is 1. The van der Waals surface area contributed by atoms with E-state index in [1.54, 1.807) is 19.5 Å². The molecule has 1 aromatic heterocycles. The molecule has 15 heavy (non-hydrogen) atoms. The molecule has 1 N–H and O–H groups in total. The predicted molar refractivity (Wildman–Crippen MR) is 57.9 cm³/mol. The quantitative estimate of drug-likeness (QED) is 0.730. The summed E-state index contributed by atoms with van der Waals surface area (Å²) >= 11 is 0. The van der Waals surface area contributed by atoms with Gasteiger partial charge in [-0.25, -0.2) is 4.98 Å². The number of aliphatic hydroxyl groups is 1. The molecular formula is C10H17N3O2. The van der Waals surface area contributed by atoms with Crippen molar-refractivity contribution in [3.05, 3.63) is 18.1 Å². The van der Waals surface area contributed by atoms with E-state index in [9.17, 15) is 0 Å². The molecule has 1 heterocycles. The van der Waals surface area contributed by atoms with Crippen molar-refractivity contribution in [3.63, 3.8) is 0 Å². The molecule has 0 fully saturated rings. The molecule has 0 radical (unpaired) electrons. The van der Waals surface area contributed by atoms with Crippen LogP contribution in [0.1, 0.15) is 5.69 Å². The second-order valence-corrected chi connectivity index (χ2v) is 3.17. The standard InChI is InChI=1S/C10H17N3O2/c1-9-10(12-4-3-11-9)13(5-7-14)6-8-15-2/h3-4,14H,5-8H2,1-2H3. The van der Waals surface area contributed by atoms with Crippen LogP contribution >= 0.6 is 0 Å². The zero-order chi connectivity index (χ0) is 11.1. The number of nitrogens with zero attached hydrogens (tertiary/aromatic N) is 3. The van der Waals surface area contributed by atoms with Gasteiger partial charge in [-0.2, -0.15) is 0 Å². The first-order valence-electron chi connectivity index (χ1n) is 4.92. The third-order valence-corrected chi connectivity index (χ3v) is 2.09. The fraction of sp³-hybridized carbons (Fsp3) is 0.600. The minimum atomic E-state index is 0.0970. The first-order valence-corrected chi connectivity index (χ1v) is 4.92. The molecule has 0 saturated heterocycles. The third-order valence-electron chi connectivity index (χ3n) is 2.09. The highest BCUT2D eigenvalue weighted by atomic mass is 16.5. The van der Waals surface area contributed by atoms with Crippen LogP contribution in [0.4, 0.5) is 5.82 Å². The monoisotopic (exact) mass is 211 g/mol. The van der Waals surface area contributed by atoms with Gasteiger partial charge < -0.3 is 14.7 Å². The molecule has 1 rings (SSSR count). The van der Waals surface area contributed by atoms with Gasteiger partial charge in [-0.3, -0.25) is 4.98 Å². The Balaban J connectivity index is 2.74. The number of ether oxygens (including phenoxy) is 1. The van der Waals surface area contributed by atoms with E-state index in [1.807, 2.05) is 11.8 Å². The maximum Gasteiger partial charge on any atom is 0.150 e. The van der Waals surface area contributed by atoms with Crippen LogP contribution in [-0.4, -0.2) is 48.5 Å². The van der Waals surface area contributed by atoms with Crippen molar-refractivity contribution < 1.29 is 9.84 Å². The molecule has 0 atom stereocenters. The van der Waals surface area contributed by atoms with E-state index >= 15 is 0 Å². The molecule has 0 amide bonds. The molecule has 0 bridgehead atoms. The summed E-state index contributed by atoms with van der Waals surface area (Å²) in [7, 11) is 1.65. The number of aryl methyl sites for hydroxylation is 1. The van der Waals surface area contributed by atoms with Crippen molar-refractivity contribution in [2.24, 2.45) is 0 Å². The van der Waals surface area contributed by atoms with Gasteiger partial charge in [0.25, 0.3) is 0 Å². The lowest BCUT2D eigenvalue weighted by molar-refractivity contribution is 0.202. The lowest BCUT2D eigenvalue weighted by atomic mass is 10.4. The Morgan fingerprint density at radius 2 is 2.07 bits per heavy atom. The minimum absolute atomic E-state index is 0.0970. The van der Waals surface area contributed by atoms with Crippen molar-refractivity contribution >= 4 is 5.82 Å². The summed E-state index contributed by atoms with van der Waals surface area (Å²) in [6.07, 6.45) is 3.31. The molecular weight excluding hydrogens is 194 g/mol. The summed E-state index contributed by atoms with van der Waals surface area (Å²) in [6, 6.07) is 0. The second-order valence-electron chi connectivity index (χ2n) is 3.17. The van der Waals surface area contributed by atoms with Gasteiger partial charge in [0, 0.05) is 32.6 Å². The van der Waals surface area contributed by atoms with E-state index in [1.165, 1.54) is 0 Å². The molecule has 0 aromatic carbocycles. The zero-order valence-corrected chi connectivity index (χ0v) is 9.18. The molecule has 0 spiro atoms. The van der Waals surface area contributed by atoms with Crippen molar-refractivity contribution in [2.75, 3.05) is 38.3 Å². The highest BCUT2D eigenvalue weighted by Crippen LogP contribution is 2.12. The summed E-state index contributed by atoms with van der Waals surface area (Å²) in [5.74, 6) is 0.809. The van der Waals surface area contributed by atoms with E-state index < -0.39 is 0 Å². The van der Waals surface area contributed by atoms with Crippen LogP contribution in [0.5, 0.6) is 0 Å². The van der Waals surface area contributed by atoms with Crippen LogP contribution in [-0.2, 0) is 4.74 Å².